The summed E-state index contributed by atoms with van der Waals surface area (Å²) >= 11 is 3.39. The summed E-state index contributed by atoms with van der Waals surface area (Å²) in [4.78, 5) is 29.0. The second kappa shape index (κ2) is 12.2. The second-order valence-electron chi connectivity index (χ2n) is 9.14. The van der Waals surface area contributed by atoms with Gasteiger partial charge in [0.2, 0.25) is 15.9 Å². The first-order valence-electron chi connectivity index (χ1n) is 11.6. The minimum atomic E-state index is -3.62. The Morgan fingerprint density at radius 3 is 2.47 bits per heavy atom. The Bertz CT molecular complexity index is 1190. The van der Waals surface area contributed by atoms with Crippen LogP contribution in [0.3, 0.4) is 0 Å². The molecule has 2 aromatic carbocycles. The van der Waals surface area contributed by atoms with Gasteiger partial charge in [-0.2, -0.15) is 0 Å². The number of piperazine rings is 1. The highest BCUT2D eigenvalue weighted by Gasteiger charge is 2.32. The molecule has 36 heavy (non-hydrogen) atoms. The first-order valence-corrected chi connectivity index (χ1v) is 14.3. The van der Waals surface area contributed by atoms with E-state index in [1.54, 1.807) is 30.3 Å². The van der Waals surface area contributed by atoms with Crippen molar-refractivity contribution in [1.82, 2.24) is 14.5 Å². The van der Waals surface area contributed by atoms with Crippen LogP contribution in [-0.2, 0) is 32.6 Å². The van der Waals surface area contributed by atoms with Crippen molar-refractivity contribution in [2.75, 3.05) is 26.0 Å². The van der Waals surface area contributed by atoms with Gasteiger partial charge in [-0.15, -0.1) is 0 Å². The van der Waals surface area contributed by atoms with E-state index in [2.05, 4.69) is 27.8 Å². The molecule has 2 aromatic rings. The van der Waals surface area contributed by atoms with Crippen LogP contribution in [0.2, 0.25) is 0 Å². The van der Waals surface area contributed by atoms with Crippen molar-refractivity contribution in [3.05, 3.63) is 63.9 Å². The zero-order valence-corrected chi connectivity index (χ0v) is 22.9. The lowest BCUT2D eigenvalue weighted by Gasteiger charge is -2.44. The van der Waals surface area contributed by atoms with Gasteiger partial charge in [0.1, 0.15) is 11.6 Å². The third-order valence-electron chi connectivity index (χ3n) is 6.03. The molecule has 0 spiro atoms. The largest absolute Gasteiger partial charge is 0.483 e. The van der Waals surface area contributed by atoms with Gasteiger partial charge in [-0.1, -0.05) is 28.1 Å². The normalized spacial score (nSPS) is 18.6. The fourth-order valence-electron chi connectivity index (χ4n) is 4.20. The fraction of sp³-hybridized carbons (Fsp3) is 0.440. The molecule has 1 saturated heterocycles. The van der Waals surface area contributed by atoms with Crippen molar-refractivity contribution in [2.24, 2.45) is 0 Å². The van der Waals surface area contributed by atoms with E-state index in [0.717, 1.165) is 16.3 Å². The predicted octanol–water partition coefficient (Wildman–Crippen LogP) is 3.10. The standard InChI is InChI=1S/C25H31BrFN3O5S/c1-17-14-30(18(2)13-29(17)15-19-4-8-22(27)9-5-19)25(32)16-35-23-10-7-21(26)12-20(23)6-11-24(31)28-36(3,33)34/h4-5,7-10,12,17-18H,6,11,13-16H2,1-3H3,(H,28,31)/t17-,18+/m0/s1. The lowest BCUT2D eigenvalue weighted by atomic mass is 10.1. The molecule has 0 aliphatic carbocycles. The molecule has 11 heteroatoms. The zero-order valence-electron chi connectivity index (χ0n) is 20.5. The van der Waals surface area contributed by atoms with Gasteiger partial charge in [0.05, 0.1) is 6.26 Å². The van der Waals surface area contributed by atoms with Gasteiger partial charge in [-0.25, -0.2) is 12.8 Å². The number of ether oxygens (including phenoxy) is 1. The highest BCUT2D eigenvalue weighted by atomic mass is 79.9. The molecule has 0 aromatic heterocycles. The van der Waals surface area contributed by atoms with Crippen LogP contribution in [0.5, 0.6) is 5.75 Å². The molecule has 8 nitrogen and oxygen atoms in total. The van der Waals surface area contributed by atoms with Crippen LogP contribution in [0.1, 0.15) is 31.4 Å². The number of hydrogen-bond acceptors (Lipinski definition) is 6. The van der Waals surface area contributed by atoms with E-state index >= 15 is 0 Å². The average molecular weight is 585 g/mol. The molecule has 3 rings (SSSR count). The third kappa shape index (κ3) is 8.28. The SMILES string of the molecule is C[C@@H]1CN(Cc2ccc(F)cc2)[C@@H](C)CN1C(=O)COc1ccc(Br)cc1CCC(=O)NS(C)(=O)=O. The van der Waals surface area contributed by atoms with E-state index in [0.29, 0.717) is 30.9 Å². The number of halogens is 2. The number of carbonyl (C=O) groups excluding carboxylic acids is 2. The van der Waals surface area contributed by atoms with Crippen LogP contribution in [0.4, 0.5) is 4.39 Å². The molecule has 1 heterocycles. The van der Waals surface area contributed by atoms with E-state index in [1.807, 2.05) is 16.5 Å². The number of benzene rings is 2. The lowest BCUT2D eigenvalue weighted by Crippen LogP contribution is -2.58. The molecule has 0 radical (unpaired) electrons. The first-order chi connectivity index (χ1) is 16.9. The lowest BCUT2D eigenvalue weighted by molar-refractivity contribution is -0.139. The van der Waals surface area contributed by atoms with Crippen molar-refractivity contribution in [3.8, 4) is 5.75 Å². The maximum atomic E-state index is 13.2. The van der Waals surface area contributed by atoms with Crippen LogP contribution in [0.15, 0.2) is 46.9 Å². The van der Waals surface area contributed by atoms with E-state index in [1.165, 1.54) is 12.1 Å². The molecule has 1 aliphatic heterocycles. The molecule has 196 valence electrons. The van der Waals surface area contributed by atoms with Crippen molar-refractivity contribution >= 4 is 37.8 Å². The smallest absolute Gasteiger partial charge is 0.260 e. The van der Waals surface area contributed by atoms with Gasteiger partial charge in [0.25, 0.3) is 5.91 Å². The molecule has 1 N–H and O–H groups in total. The van der Waals surface area contributed by atoms with Crippen LogP contribution < -0.4 is 9.46 Å². The maximum absolute atomic E-state index is 13.2. The third-order valence-corrected chi connectivity index (χ3v) is 7.12. The van der Waals surface area contributed by atoms with Gasteiger partial charge in [0, 0.05) is 42.6 Å². The highest BCUT2D eigenvalue weighted by Crippen LogP contribution is 2.25. The summed E-state index contributed by atoms with van der Waals surface area (Å²) in [5, 5.41) is 0. The van der Waals surface area contributed by atoms with E-state index in [-0.39, 0.29) is 43.3 Å². The van der Waals surface area contributed by atoms with Crippen LogP contribution in [-0.4, -0.2) is 68.1 Å². The summed E-state index contributed by atoms with van der Waals surface area (Å²) in [7, 11) is -3.62. The highest BCUT2D eigenvalue weighted by molar-refractivity contribution is 9.10. The van der Waals surface area contributed by atoms with Crippen molar-refractivity contribution < 1.29 is 27.1 Å². The Hall–Kier alpha value is -2.50. The molecule has 1 fully saturated rings. The fourth-order valence-corrected chi connectivity index (χ4v) is 5.13. The van der Waals surface area contributed by atoms with Crippen LogP contribution in [0, 0.1) is 5.82 Å². The number of hydrogen-bond donors (Lipinski definition) is 1. The quantitative estimate of drug-likeness (QED) is 0.487. The predicted molar refractivity (Wildman–Crippen MR) is 138 cm³/mol. The van der Waals surface area contributed by atoms with Crippen LogP contribution >= 0.6 is 15.9 Å². The minimum Gasteiger partial charge on any atom is -0.483 e. The van der Waals surface area contributed by atoms with Crippen molar-refractivity contribution in [3.63, 3.8) is 0 Å². The summed E-state index contributed by atoms with van der Waals surface area (Å²) in [6.07, 6.45) is 1.13. The average Bonchev–Trinajstić information content (AvgIpc) is 2.79. The van der Waals surface area contributed by atoms with Gasteiger partial charge in [0.15, 0.2) is 6.61 Å². The zero-order chi connectivity index (χ0) is 26.5. The molecule has 2 amide bonds. The van der Waals surface area contributed by atoms with Gasteiger partial charge in [-0.05, 0) is 61.7 Å². The van der Waals surface area contributed by atoms with E-state index < -0.39 is 15.9 Å². The second-order valence-corrected chi connectivity index (χ2v) is 11.8. The van der Waals surface area contributed by atoms with Crippen molar-refractivity contribution in [2.45, 2.75) is 45.3 Å². The van der Waals surface area contributed by atoms with E-state index in [4.69, 9.17) is 4.74 Å². The summed E-state index contributed by atoms with van der Waals surface area (Å²) in [6, 6.07) is 11.8. The number of carbonyl (C=O) groups is 2. The molecule has 0 unspecified atom stereocenters. The topological polar surface area (TPSA) is 96.0 Å². The number of aryl methyl sites for hydroxylation is 1. The monoisotopic (exact) mass is 583 g/mol. The molecular weight excluding hydrogens is 553 g/mol. The Morgan fingerprint density at radius 2 is 1.81 bits per heavy atom. The molecule has 1 aliphatic rings. The van der Waals surface area contributed by atoms with Gasteiger partial charge in [-0.3, -0.25) is 19.2 Å². The number of sulfonamides is 1. The number of rotatable bonds is 9. The molecule has 2 atom stereocenters. The number of amides is 2. The summed E-state index contributed by atoms with van der Waals surface area (Å²) < 4.78 is 44.3. The molecule has 0 bridgehead atoms. The van der Waals surface area contributed by atoms with Gasteiger partial charge >= 0.3 is 0 Å². The van der Waals surface area contributed by atoms with Crippen LogP contribution in [0.25, 0.3) is 0 Å². The Kier molecular flexibility index (Phi) is 9.48. The number of nitrogens with zero attached hydrogens (tertiary/aromatic N) is 2. The van der Waals surface area contributed by atoms with Gasteiger partial charge < -0.3 is 9.64 Å². The summed E-state index contributed by atoms with van der Waals surface area (Å²) in [5.74, 6) is -0.545. The Labute approximate surface area is 220 Å². The molecule has 0 saturated carbocycles. The summed E-state index contributed by atoms with van der Waals surface area (Å²) in [6.45, 7) is 5.81. The summed E-state index contributed by atoms with van der Waals surface area (Å²) in [5.41, 5.74) is 1.71. The Morgan fingerprint density at radius 1 is 1.11 bits per heavy atom. The van der Waals surface area contributed by atoms with Crippen molar-refractivity contribution in [1.29, 1.82) is 0 Å². The first kappa shape index (κ1) is 28.1. The Balaban J connectivity index is 1.57. The molecular formula is C25H31BrFN3O5S. The minimum absolute atomic E-state index is 0.0261. The number of nitrogens with one attached hydrogen (secondary N) is 1. The van der Waals surface area contributed by atoms with E-state index in [9.17, 15) is 22.4 Å². The maximum Gasteiger partial charge on any atom is 0.260 e.